The molecule has 3 aromatic carbocycles. The van der Waals surface area contributed by atoms with Gasteiger partial charge in [0.05, 0.1) is 0 Å². The first-order chi connectivity index (χ1) is 18.2. The second-order valence-corrected chi connectivity index (χ2v) is 8.84. The molecule has 5 rings (SSSR count). The Morgan fingerprint density at radius 2 is 1.41 bits per heavy atom. The number of nitrogens with zero attached hydrogens (tertiary/aromatic N) is 2. The number of hydrogen-bond donors (Lipinski definition) is 1. The lowest BCUT2D eigenvalue weighted by Gasteiger charge is -2.24. The van der Waals surface area contributed by atoms with Crippen LogP contribution in [0.5, 0.6) is 11.8 Å². The van der Waals surface area contributed by atoms with Crippen molar-refractivity contribution in [1.82, 2.24) is 9.88 Å². The van der Waals surface area contributed by atoms with Gasteiger partial charge in [-0.25, -0.2) is 4.79 Å². The fourth-order valence-corrected chi connectivity index (χ4v) is 4.26. The number of carboxylic acid groups (broad SMARTS) is 1. The van der Waals surface area contributed by atoms with Crippen molar-refractivity contribution in [3.63, 3.8) is 0 Å². The summed E-state index contributed by atoms with van der Waals surface area (Å²) in [5, 5.41) is 9.18. The van der Waals surface area contributed by atoms with E-state index in [-0.39, 0.29) is 0 Å². The Bertz CT molecular complexity index is 1370. The zero-order chi connectivity index (χ0) is 25.5. The monoisotopic (exact) mass is 492 g/mol. The van der Waals surface area contributed by atoms with Gasteiger partial charge in [-0.05, 0) is 40.3 Å². The van der Waals surface area contributed by atoms with Crippen LogP contribution in [-0.4, -0.2) is 34.2 Å². The third-order valence-electron chi connectivity index (χ3n) is 6.33. The van der Waals surface area contributed by atoms with Gasteiger partial charge in [0.15, 0.2) is 0 Å². The number of aromatic nitrogens is 1. The zero-order valence-corrected chi connectivity index (χ0v) is 20.4. The summed E-state index contributed by atoms with van der Waals surface area (Å²) in [6.07, 6.45) is 1.81. The topological polar surface area (TPSA) is 71.9 Å². The number of ether oxygens (including phenoxy) is 2. The van der Waals surface area contributed by atoms with Crippen LogP contribution >= 0.6 is 0 Å². The van der Waals surface area contributed by atoms with E-state index in [1.807, 2.05) is 78.9 Å². The Hall–Kier alpha value is -4.58. The molecule has 4 aromatic rings. The molecular formula is C31H28N2O4. The molecule has 0 radical (unpaired) electrons. The summed E-state index contributed by atoms with van der Waals surface area (Å²) >= 11 is 0. The molecule has 1 aliphatic heterocycles. The summed E-state index contributed by atoms with van der Waals surface area (Å²) in [7, 11) is 0. The van der Waals surface area contributed by atoms with Crippen LogP contribution in [0.1, 0.15) is 23.1 Å². The second kappa shape index (κ2) is 11.4. The quantitative estimate of drug-likeness (QED) is 0.297. The lowest BCUT2D eigenvalue weighted by atomic mass is 9.97. The summed E-state index contributed by atoms with van der Waals surface area (Å²) in [5.41, 5.74) is 6.24. The molecule has 0 saturated carbocycles. The smallest absolute Gasteiger partial charge is 0.407 e. The molecule has 1 aromatic heterocycles. The summed E-state index contributed by atoms with van der Waals surface area (Å²) in [4.78, 5) is 17.3. The van der Waals surface area contributed by atoms with Crippen molar-refractivity contribution in [3.8, 4) is 22.9 Å². The first-order valence-electron chi connectivity index (χ1n) is 12.3. The van der Waals surface area contributed by atoms with Crippen LogP contribution in [0.4, 0.5) is 4.79 Å². The van der Waals surface area contributed by atoms with Gasteiger partial charge in [-0.3, -0.25) is 0 Å². The van der Waals surface area contributed by atoms with Crippen molar-refractivity contribution in [1.29, 1.82) is 0 Å². The van der Waals surface area contributed by atoms with Crippen LogP contribution in [0.15, 0.2) is 103 Å². The van der Waals surface area contributed by atoms with E-state index in [0.29, 0.717) is 44.5 Å². The average Bonchev–Trinajstić information content (AvgIpc) is 2.96. The van der Waals surface area contributed by atoms with Crippen LogP contribution < -0.4 is 9.47 Å². The van der Waals surface area contributed by atoms with Crippen molar-refractivity contribution in [2.45, 2.75) is 19.6 Å². The minimum Gasteiger partial charge on any atom is -0.473 e. The van der Waals surface area contributed by atoms with Crippen LogP contribution in [0.2, 0.25) is 0 Å². The van der Waals surface area contributed by atoms with Gasteiger partial charge in [0.2, 0.25) is 11.8 Å². The van der Waals surface area contributed by atoms with Crippen LogP contribution in [-0.2, 0) is 13.2 Å². The molecule has 0 unspecified atom stereocenters. The zero-order valence-electron chi connectivity index (χ0n) is 20.4. The lowest BCUT2D eigenvalue weighted by Crippen LogP contribution is -2.33. The van der Waals surface area contributed by atoms with E-state index < -0.39 is 6.09 Å². The van der Waals surface area contributed by atoms with E-state index in [1.165, 1.54) is 4.90 Å². The predicted molar refractivity (Wildman–Crippen MR) is 143 cm³/mol. The maximum atomic E-state index is 11.2. The fraction of sp³-hybridized carbons (Fsp3) is 0.161. The van der Waals surface area contributed by atoms with Gasteiger partial charge in [-0.2, -0.15) is 4.98 Å². The predicted octanol–water partition coefficient (Wildman–Crippen LogP) is 6.67. The standard InChI is InChI=1S/C31H28N2O4/c34-31(35)33-19-17-26(18-20-33)25-11-13-27(14-12-25)28-15-16-29(36-21-23-7-3-1-4-8-23)32-30(28)37-22-24-9-5-2-6-10-24/h1-17H,18-22H2,(H,34,35). The van der Waals surface area contributed by atoms with Gasteiger partial charge in [-0.15, -0.1) is 0 Å². The SMILES string of the molecule is O=C(O)N1CC=C(c2ccc(-c3ccc(OCc4ccccc4)nc3OCc3ccccc3)cc2)CC1. The van der Waals surface area contributed by atoms with Crippen molar-refractivity contribution >= 4 is 11.7 Å². The van der Waals surface area contributed by atoms with Gasteiger partial charge < -0.3 is 19.5 Å². The molecule has 0 spiro atoms. The molecule has 0 bridgehead atoms. The molecule has 1 aliphatic rings. The average molecular weight is 493 g/mol. The highest BCUT2D eigenvalue weighted by Crippen LogP contribution is 2.33. The van der Waals surface area contributed by atoms with Gasteiger partial charge in [0.25, 0.3) is 0 Å². The molecule has 6 heteroatoms. The number of benzene rings is 3. The minimum atomic E-state index is -0.877. The van der Waals surface area contributed by atoms with Crippen molar-refractivity contribution in [2.75, 3.05) is 13.1 Å². The highest BCUT2D eigenvalue weighted by molar-refractivity contribution is 5.75. The van der Waals surface area contributed by atoms with Crippen LogP contribution in [0, 0.1) is 0 Å². The Labute approximate surface area is 216 Å². The number of amides is 1. The molecule has 37 heavy (non-hydrogen) atoms. The summed E-state index contributed by atoms with van der Waals surface area (Å²) < 4.78 is 12.1. The van der Waals surface area contributed by atoms with Gasteiger partial charge in [-0.1, -0.05) is 91.0 Å². The summed E-state index contributed by atoms with van der Waals surface area (Å²) in [6, 6.07) is 32.1. The largest absolute Gasteiger partial charge is 0.473 e. The highest BCUT2D eigenvalue weighted by Gasteiger charge is 2.17. The van der Waals surface area contributed by atoms with Crippen molar-refractivity contribution < 1.29 is 19.4 Å². The first-order valence-corrected chi connectivity index (χ1v) is 12.3. The lowest BCUT2D eigenvalue weighted by molar-refractivity contribution is 0.150. The molecule has 6 nitrogen and oxygen atoms in total. The van der Waals surface area contributed by atoms with Gasteiger partial charge in [0.1, 0.15) is 13.2 Å². The highest BCUT2D eigenvalue weighted by atomic mass is 16.5. The van der Waals surface area contributed by atoms with Gasteiger partial charge in [0, 0.05) is 24.7 Å². The summed E-state index contributed by atoms with van der Waals surface area (Å²) in [5.74, 6) is 1.01. The number of rotatable bonds is 8. The minimum absolute atomic E-state index is 0.397. The van der Waals surface area contributed by atoms with E-state index in [2.05, 4.69) is 24.3 Å². The Morgan fingerprint density at radius 3 is 2.00 bits per heavy atom. The molecule has 0 saturated heterocycles. The Balaban J connectivity index is 1.37. The van der Waals surface area contributed by atoms with E-state index >= 15 is 0 Å². The van der Waals surface area contributed by atoms with E-state index in [4.69, 9.17) is 14.5 Å². The van der Waals surface area contributed by atoms with Gasteiger partial charge >= 0.3 is 6.09 Å². The molecule has 0 atom stereocenters. The van der Waals surface area contributed by atoms with E-state index in [1.54, 1.807) is 0 Å². The van der Waals surface area contributed by atoms with Crippen LogP contribution in [0.3, 0.4) is 0 Å². The molecule has 0 fully saturated rings. The van der Waals surface area contributed by atoms with E-state index in [0.717, 1.165) is 33.4 Å². The first kappa shape index (κ1) is 24.1. The van der Waals surface area contributed by atoms with Crippen molar-refractivity contribution in [3.05, 3.63) is 120 Å². The third-order valence-corrected chi connectivity index (χ3v) is 6.33. The molecule has 0 aliphatic carbocycles. The molecule has 2 heterocycles. The molecular weight excluding hydrogens is 464 g/mol. The van der Waals surface area contributed by atoms with Crippen molar-refractivity contribution in [2.24, 2.45) is 0 Å². The van der Waals surface area contributed by atoms with Crippen LogP contribution in [0.25, 0.3) is 16.7 Å². The normalized spacial score (nSPS) is 13.1. The summed E-state index contributed by atoms with van der Waals surface area (Å²) in [6.45, 7) is 1.75. The number of carbonyl (C=O) groups is 1. The number of pyridine rings is 1. The van der Waals surface area contributed by atoms with E-state index in [9.17, 15) is 9.90 Å². The maximum Gasteiger partial charge on any atom is 0.407 e. The fourth-order valence-electron chi connectivity index (χ4n) is 4.26. The molecule has 1 N–H and O–H groups in total. The second-order valence-electron chi connectivity index (χ2n) is 8.84. The number of hydrogen-bond acceptors (Lipinski definition) is 4. The Morgan fingerprint density at radius 1 is 0.784 bits per heavy atom. The maximum absolute atomic E-state index is 11.2. The Kier molecular flexibility index (Phi) is 7.46. The molecule has 1 amide bonds. The third kappa shape index (κ3) is 6.16. The molecule has 186 valence electrons.